The minimum absolute atomic E-state index is 0.0248. The number of aryl methyl sites for hydroxylation is 2. The fourth-order valence-corrected chi connectivity index (χ4v) is 2.14. The van der Waals surface area contributed by atoms with Gasteiger partial charge in [0.05, 0.1) is 6.26 Å². The maximum Gasteiger partial charge on any atom is 0.130 e. The Morgan fingerprint density at radius 3 is 2.56 bits per heavy atom. The van der Waals surface area contributed by atoms with E-state index >= 15 is 0 Å². The molecule has 0 aliphatic carbocycles. The van der Waals surface area contributed by atoms with Crippen molar-refractivity contribution in [1.29, 1.82) is 0 Å². The van der Waals surface area contributed by atoms with Crippen LogP contribution in [0.2, 0.25) is 0 Å². The Kier molecular flexibility index (Phi) is 3.66. The van der Waals surface area contributed by atoms with Gasteiger partial charge in [0.25, 0.3) is 0 Å². The van der Waals surface area contributed by atoms with E-state index in [0.717, 1.165) is 11.3 Å². The number of ketones is 1. The third-order valence-corrected chi connectivity index (χ3v) is 3.31. The molecular formula is C16H18O2. The highest BCUT2D eigenvalue weighted by Crippen LogP contribution is 2.29. The molecule has 2 heteroatoms. The first kappa shape index (κ1) is 12.6. The zero-order chi connectivity index (χ0) is 13.1. The van der Waals surface area contributed by atoms with Crippen molar-refractivity contribution in [3.8, 4) is 0 Å². The van der Waals surface area contributed by atoms with Crippen molar-refractivity contribution >= 4 is 5.78 Å². The van der Waals surface area contributed by atoms with Gasteiger partial charge in [0, 0.05) is 12.3 Å². The van der Waals surface area contributed by atoms with Gasteiger partial charge in [-0.1, -0.05) is 18.2 Å². The minimum Gasteiger partial charge on any atom is -0.469 e. The van der Waals surface area contributed by atoms with Gasteiger partial charge < -0.3 is 4.42 Å². The molecule has 0 fully saturated rings. The molecule has 2 aromatic rings. The van der Waals surface area contributed by atoms with Crippen LogP contribution in [0.15, 0.2) is 41.0 Å². The average molecular weight is 242 g/mol. The number of hydrogen-bond acceptors (Lipinski definition) is 2. The van der Waals surface area contributed by atoms with Crippen molar-refractivity contribution in [2.45, 2.75) is 33.1 Å². The predicted octanol–water partition coefficient (Wildman–Crippen LogP) is 4.01. The van der Waals surface area contributed by atoms with Crippen LogP contribution in [-0.4, -0.2) is 5.78 Å². The average Bonchev–Trinajstić information content (AvgIpc) is 2.83. The first-order valence-corrected chi connectivity index (χ1v) is 6.18. The number of hydrogen-bond donors (Lipinski definition) is 0. The summed E-state index contributed by atoms with van der Waals surface area (Å²) < 4.78 is 5.47. The van der Waals surface area contributed by atoms with Crippen LogP contribution in [0.1, 0.15) is 41.7 Å². The summed E-state index contributed by atoms with van der Waals surface area (Å²) in [5.41, 5.74) is 3.65. The second kappa shape index (κ2) is 5.21. The molecule has 0 saturated heterocycles. The molecule has 0 bridgehead atoms. The lowest BCUT2D eigenvalue weighted by Gasteiger charge is -2.15. The molecule has 2 nitrogen and oxygen atoms in total. The van der Waals surface area contributed by atoms with Crippen molar-refractivity contribution in [3.05, 3.63) is 59.0 Å². The van der Waals surface area contributed by atoms with Crippen molar-refractivity contribution < 1.29 is 9.21 Å². The van der Waals surface area contributed by atoms with Gasteiger partial charge in [0.2, 0.25) is 0 Å². The highest BCUT2D eigenvalue weighted by Gasteiger charge is 2.19. The van der Waals surface area contributed by atoms with Crippen LogP contribution >= 0.6 is 0 Å². The Hall–Kier alpha value is -1.83. The highest BCUT2D eigenvalue weighted by atomic mass is 16.3. The van der Waals surface area contributed by atoms with E-state index < -0.39 is 0 Å². The van der Waals surface area contributed by atoms with Crippen LogP contribution in [0.5, 0.6) is 0 Å². The fourth-order valence-electron chi connectivity index (χ4n) is 2.14. The van der Waals surface area contributed by atoms with Gasteiger partial charge in [-0.2, -0.15) is 0 Å². The monoisotopic (exact) mass is 242 g/mol. The second-order valence-corrected chi connectivity index (χ2v) is 4.82. The van der Waals surface area contributed by atoms with E-state index in [2.05, 4.69) is 32.0 Å². The lowest BCUT2D eigenvalue weighted by atomic mass is 9.90. The van der Waals surface area contributed by atoms with Crippen LogP contribution in [-0.2, 0) is 4.79 Å². The summed E-state index contributed by atoms with van der Waals surface area (Å²) in [6.45, 7) is 5.80. The standard InChI is InChI=1S/C16H18O2/c1-11-6-7-14(9-12(11)2)15(10-13(3)17)16-5-4-8-18-16/h4-9,15H,10H2,1-3H3. The van der Waals surface area contributed by atoms with Crippen molar-refractivity contribution in [2.75, 3.05) is 0 Å². The van der Waals surface area contributed by atoms with E-state index in [1.807, 2.05) is 12.1 Å². The van der Waals surface area contributed by atoms with E-state index in [9.17, 15) is 4.79 Å². The Labute approximate surface area is 108 Å². The fraction of sp³-hybridized carbons (Fsp3) is 0.312. The lowest BCUT2D eigenvalue weighted by Crippen LogP contribution is -2.06. The molecule has 94 valence electrons. The van der Waals surface area contributed by atoms with Gasteiger partial charge in [-0.05, 0) is 49.6 Å². The Balaban J connectivity index is 2.39. The molecule has 0 N–H and O–H groups in total. The Morgan fingerprint density at radius 2 is 2.00 bits per heavy atom. The first-order chi connectivity index (χ1) is 8.58. The highest BCUT2D eigenvalue weighted by molar-refractivity contribution is 5.77. The maximum absolute atomic E-state index is 11.4. The normalized spacial score (nSPS) is 12.4. The molecule has 1 unspecified atom stereocenters. The molecule has 1 atom stereocenters. The summed E-state index contributed by atoms with van der Waals surface area (Å²) in [4.78, 5) is 11.4. The van der Waals surface area contributed by atoms with Gasteiger partial charge >= 0.3 is 0 Å². The van der Waals surface area contributed by atoms with Crippen LogP contribution in [0.25, 0.3) is 0 Å². The smallest absolute Gasteiger partial charge is 0.130 e. The number of benzene rings is 1. The first-order valence-electron chi connectivity index (χ1n) is 6.18. The predicted molar refractivity (Wildman–Crippen MR) is 71.8 cm³/mol. The van der Waals surface area contributed by atoms with E-state index in [0.29, 0.717) is 6.42 Å². The number of carbonyl (C=O) groups is 1. The number of rotatable bonds is 4. The zero-order valence-electron chi connectivity index (χ0n) is 11.1. The summed E-state index contributed by atoms with van der Waals surface area (Å²) in [6.07, 6.45) is 2.14. The third-order valence-electron chi connectivity index (χ3n) is 3.31. The van der Waals surface area contributed by atoms with Crippen LogP contribution in [0.3, 0.4) is 0 Å². The molecule has 0 saturated carbocycles. The van der Waals surface area contributed by atoms with Crippen LogP contribution in [0.4, 0.5) is 0 Å². The molecular weight excluding hydrogens is 224 g/mol. The molecule has 1 aromatic heterocycles. The molecule has 1 heterocycles. The van der Waals surface area contributed by atoms with E-state index in [-0.39, 0.29) is 11.7 Å². The molecule has 2 rings (SSSR count). The van der Waals surface area contributed by atoms with E-state index in [1.165, 1.54) is 11.1 Å². The SMILES string of the molecule is CC(=O)CC(c1ccc(C)c(C)c1)c1ccco1. The molecule has 0 amide bonds. The topological polar surface area (TPSA) is 30.2 Å². The van der Waals surface area contributed by atoms with E-state index in [1.54, 1.807) is 13.2 Å². The van der Waals surface area contributed by atoms with Crippen LogP contribution < -0.4 is 0 Å². The van der Waals surface area contributed by atoms with Gasteiger partial charge in [-0.15, -0.1) is 0 Å². The molecule has 0 aliphatic heterocycles. The van der Waals surface area contributed by atoms with E-state index in [4.69, 9.17) is 4.42 Å². The van der Waals surface area contributed by atoms with Crippen LogP contribution in [0, 0.1) is 13.8 Å². The summed E-state index contributed by atoms with van der Waals surface area (Å²) >= 11 is 0. The largest absolute Gasteiger partial charge is 0.469 e. The Bertz CT molecular complexity index is 538. The number of carbonyl (C=O) groups excluding carboxylic acids is 1. The molecule has 0 spiro atoms. The summed E-state index contributed by atoms with van der Waals surface area (Å²) in [7, 11) is 0. The quantitative estimate of drug-likeness (QED) is 0.811. The summed E-state index contributed by atoms with van der Waals surface area (Å²) in [6, 6.07) is 10.1. The maximum atomic E-state index is 11.4. The van der Waals surface area contributed by atoms with Crippen molar-refractivity contribution in [1.82, 2.24) is 0 Å². The lowest BCUT2D eigenvalue weighted by molar-refractivity contribution is -0.117. The summed E-state index contributed by atoms with van der Waals surface area (Å²) in [5.74, 6) is 1.06. The molecule has 1 aromatic carbocycles. The molecule has 0 aliphatic rings. The van der Waals surface area contributed by atoms with Gasteiger partial charge in [0.15, 0.2) is 0 Å². The third kappa shape index (κ3) is 2.70. The van der Waals surface area contributed by atoms with Crippen molar-refractivity contribution in [2.24, 2.45) is 0 Å². The second-order valence-electron chi connectivity index (χ2n) is 4.82. The number of Topliss-reactive ketones (excluding diaryl/α,β-unsaturated/α-hetero) is 1. The molecule has 18 heavy (non-hydrogen) atoms. The Morgan fingerprint density at radius 1 is 1.22 bits per heavy atom. The van der Waals surface area contributed by atoms with Gasteiger partial charge in [-0.3, -0.25) is 4.79 Å². The zero-order valence-corrected chi connectivity index (χ0v) is 11.1. The van der Waals surface area contributed by atoms with Gasteiger partial charge in [-0.25, -0.2) is 0 Å². The minimum atomic E-state index is 0.0248. The summed E-state index contributed by atoms with van der Waals surface area (Å²) in [5, 5.41) is 0. The van der Waals surface area contributed by atoms with Gasteiger partial charge in [0.1, 0.15) is 11.5 Å². The molecule has 0 radical (unpaired) electrons. The van der Waals surface area contributed by atoms with Crippen molar-refractivity contribution in [3.63, 3.8) is 0 Å². The number of furan rings is 1.